The maximum Gasteiger partial charge on any atom is 0.240 e. The Morgan fingerprint density at radius 3 is 2.58 bits per heavy atom. The lowest BCUT2D eigenvalue weighted by atomic mass is 10.1. The molecule has 0 aliphatic rings. The molecule has 0 atom stereocenters. The molecular formula is C16H22N4O3S. The molecule has 8 heteroatoms. The number of nitrogens with zero attached hydrogens (tertiary/aromatic N) is 2. The highest BCUT2D eigenvalue weighted by Gasteiger charge is 2.15. The van der Waals surface area contributed by atoms with Crippen LogP contribution in [0.4, 0.5) is 5.69 Å². The van der Waals surface area contributed by atoms with Crippen molar-refractivity contribution in [2.45, 2.75) is 32.1 Å². The molecule has 2 rings (SSSR count). The minimum absolute atomic E-state index is 0.119. The number of hydrogen-bond acceptors (Lipinski definition) is 4. The first kappa shape index (κ1) is 18.2. The number of benzene rings is 1. The van der Waals surface area contributed by atoms with E-state index in [4.69, 9.17) is 0 Å². The van der Waals surface area contributed by atoms with Crippen molar-refractivity contribution in [3.05, 3.63) is 41.2 Å². The fourth-order valence-corrected chi connectivity index (χ4v) is 3.59. The molecule has 0 spiro atoms. The molecule has 7 nitrogen and oxygen atoms in total. The summed E-state index contributed by atoms with van der Waals surface area (Å²) in [6.45, 7) is 5.52. The predicted octanol–water partition coefficient (Wildman–Crippen LogP) is 1.52. The van der Waals surface area contributed by atoms with Gasteiger partial charge in [-0.2, -0.15) is 5.10 Å². The van der Waals surface area contributed by atoms with Crippen molar-refractivity contribution < 1.29 is 13.2 Å². The lowest BCUT2D eigenvalue weighted by molar-refractivity contribution is -0.114. The van der Waals surface area contributed by atoms with E-state index in [1.54, 1.807) is 16.8 Å². The van der Waals surface area contributed by atoms with Crippen LogP contribution < -0.4 is 10.0 Å². The second-order valence-corrected chi connectivity index (χ2v) is 7.40. The van der Waals surface area contributed by atoms with Crippen molar-refractivity contribution >= 4 is 21.6 Å². The second-order valence-electron chi connectivity index (χ2n) is 5.63. The highest BCUT2D eigenvalue weighted by molar-refractivity contribution is 7.89. The van der Waals surface area contributed by atoms with Gasteiger partial charge in [0.2, 0.25) is 15.9 Å². The van der Waals surface area contributed by atoms with Crippen molar-refractivity contribution in [3.63, 3.8) is 0 Å². The van der Waals surface area contributed by atoms with E-state index in [0.717, 1.165) is 17.0 Å². The Morgan fingerprint density at radius 2 is 2.00 bits per heavy atom. The van der Waals surface area contributed by atoms with Gasteiger partial charge in [-0.1, -0.05) is 6.07 Å². The molecule has 2 aromatic rings. The van der Waals surface area contributed by atoms with Gasteiger partial charge in [0.25, 0.3) is 0 Å². The van der Waals surface area contributed by atoms with E-state index in [9.17, 15) is 13.2 Å². The molecule has 0 unspecified atom stereocenters. The van der Waals surface area contributed by atoms with E-state index in [0.29, 0.717) is 12.1 Å². The Morgan fingerprint density at radius 1 is 1.29 bits per heavy atom. The normalized spacial score (nSPS) is 11.5. The average molecular weight is 350 g/mol. The maximum absolute atomic E-state index is 12.4. The third-order valence-electron chi connectivity index (χ3n) is 3.79. The molecule has 0 saturated heterocycles. The highest BCUT2D eigenvalue weighted by Crippen LogP contribution is 2.16. The van der Waals surface area contributed by atoms with Crippen molar-refractivity contribution in [2.75, 3.05) is 11.9 Å². The molecule has 24 heavy (non-hydrogen) atoms. The number of anilines is 1. The number of carbonyl (C=O) groups is 1. The van der Waals surface area contributed by atoms with Crippen LogP contribution in [0, 0.1) is 13.8 Å². The maximum atomic E-state index is 12.4. The number of carbonyl (C=O) groups excluding carboxylic acids is 1. The van der Waals surface area contributed by atoms with Gasteiger partial charge in [0.15, 0.2) is 0 Å². The zero-order valence-electron chi connectivity index (χ0n) is 14.3. The number of sulfonamides is 1. The van der Waals surface area contributed by atoms with Crippen LogP contribution in [0.15, 0.2) is 29.2 Å². The third-order valence-corrected chi connectivity index (χ3v) is 5.25. The first-order valence-electron chi connectivity index (χ1n) is 7.57. The van der Waals surface area contributed by atoms with Gasteiger partial charge in [0.1, 0.15) is 0 Å². The molecule has 0 aliphatic heterocycles. The molecule has 1 amide bonds. The van der Waals surface area contributed by atoms with Crippen LogP contribution in [-0.2, 0) is 28.3 Å². The summed E-state index contributed by atoms with van der Waals surface area (Å²) in [4.78, 5) is 11.2. The number of aryl methyl sites for hydroxylation is 2. The number of hydrogen-bond donors (Lipinski definition) is 2. The SMILES string of the molecule is CC(=O)Nc1cccc(S(=O)(=O)NCCc2c(C)nn(C)c2C)c1. The lowest BCUT2D eigenvalue weighted by Crippen LogP contribution is -2.26. The average Bonchev–Trinajstić information content (AvgIpc) is 2.73. The Labute approximate surface area is 142 Å². The summed E-state index contributed by atoms with van der Waals surface area (Å²) >= 11 is 0. The van der Waals surface area contributed by atoms with Crippen LogP contribution in [-0.4, -0.2) is 30.7 Å². The number of amides is 1. The van der Waals surface area contributed by atoms with Gasteiger partial charge < -0.3 is 5.32 Å². The molecule has 1 aromatic heterocycles. The van der Waals surface area contributed by atoms with Crippen molar-refractivity contribution in [1.29, 1.82) is 0 Å². The Kier molecular flexibility index (Phi) is 5.40. The molecule has 1 aromatic carbocycles. The lowest BCUT2D eigenvalue weighted by Gasteiger charge is -2.09. The van der Waals surface area contributed by atoms with Crippen LogP contribution in [0.25, 0.3) is 0 Å². The van der Waals surface area contributed by atoms with Crippen LogP contribution in [0.5, 0.6) is 0 Å². The van der Waals surface area contributed by atoms with Gasteiger partial charge in [-0.15, -0.1) is 0 Å². The highest BCUT2D eigenvalue weighted by atomic mass is 32.2. The molecular weight excluding hydrogens is 328 g/mol. The molecule has 0 bridgehead atoms. The molecule has 0 radical (unpaired) electrons. The Balaban J connectivity index is 2.07. The molecule has 130 valence electrons. The number of aromatic nitrogens is 2. The van der Waals surface area contributed by atoms with Gasteiger partial charge >= 0.3 is 0 Å². The molecule has 0 fully saturated rings. The second kappa shape index (κ2) is 7.14. The number of nitrogens with one attached hydrogen (secondary N) is 2. The summed E-state index contributed by atoms with van der Waals surface area (Å²) in [6.07, 6.45) is 0.566. The summed E-state index contributed by atoms with van der Waals surface area (Å²) in [5.41, 5.74) is 3.43. The zero-order valence-corrected chi connectivity index (χ0v) is 15.1. The Hall–Kier alpha value is -2.19. The Bertz CT molecular complexity index is 856. The standard InChI is InChI=1S/C16H22N4O3S/c1-11-16(12(2)20(4)19-11)8-9-17-24(22,23)15-7-5-6-14(10-15)18-13(3)21/h5-7,10,17H,8-9H2,1-4H3,(H,18,21). The molecule has 2 N–H and O–H groups in total. The molecule has 1 heterocycles. The van der Waals surface area contributed by atoms with Crippen LogP contribution in [0.1, 0.15) is 23.9 Å². The van der Waals surface area contributed by atoms with Crippen molar-refractivity contribution in [3.8, 4) is 0 Å². The summed E-state index contributed by atoms with van der Waals surface area (Å²) in [5.74, 6) is -0.250. The van der Waals surface area contributed by atoms with Crippen LogP contribution in [0.2, 0.25) is 0 Å². The van der Waals surface area contributed by atoms with E-state index >= 15 is 0 Å². The smallest absolute Gasteiger partial charge is 0.240 e. The van der Waals surface area contributed by atoms with E-state index in [1.165, 1.54) is 19.1 Å². The minimum Gasteiger partial charge on any atom is -0.326 e. The summed E-state index contributed by atoms with van der Waals surface area (Å²) < 4.78 is 29.2. The van der Waals surface area contributed by atoms with E-state index < -0.39 is 10.0 Å². The van der Waals surface area contributed by atoms with Gasteiger partial charge in [-0.05, 0) is 44.0 Å². The number of rotatable bonds is 6. The fraction of sp³-hybridized carbons (Fsp3) is 0.375. The quantitative estimate of drug-likeness (QED) is 0.826. The first-order chi connectivity index (χ1) is 11.2. The zero-order chi connectivity index (χ0) is 17.9. The summed E-state index contributed by atoms with van der Waals surface area (Å²) in [6, 6.07) is 6.16. The van der Waals surface area contributed by atoms with Gasteiger partial charge in [-0.3, -0.25) is 9.48 Å². The third kappa shape index (κ3) is 4.21. The summed E-state index contributed by atoms with van der Waals surface area (Å²) in [7, 11) is -1.77. The largest absolute Gasteiger partial charge is 0.326 e. The predicted molar refractivity (Wildman–Crippen MR) is 92.3 cm³/mol. The monoisotopic (exact) mass is 350 g/mol. The minimum atomic E-state index is -3.64. The van der Waals surface area contributed by atoms with Crippen molar-refractivity contribution in [1.82, 2.24) is 14.5 Å². The van der Waals surface area contributed by atoms with Crippen molar-refractivity contribution in [2.24, 2.45) is 7.05 Å². The van der Waals surface area contributed by atoms with Crippen LogP contribution in [0.3, 0.4) is 0 Å². The molecule has 0 saturated carbocycles. The molecule has 0 aliphatic carbocycles. The fourth-order valence-electron chi connectivity index (χ4n) is 2.52. The first-order valence-corrected chi connectivity index (χ1v) is 9.05. The van der Waals surface area contributed by atoms with Gasteiger partial charge in [-0.25, -0.2) is 13.1 Å². The van der Waals surface area contributed by atoms with E-state index in [1.807, 2.05) is 20.9 Å². The van der Waals surface area contributed by atoms with Gasteiger partial charge in [0, 0.05) is 31.9 Å². The van der Waals surface area contributed by atoms with E-state index in [-0.39, 0.29) is 17.3 Å². The van der Waals surface area contributed by atoms with Crippen LogP contribution >= 0.6 is 0 Å². The van der Waals surface area contributed by atoms with Gasteiger partial charge in [0.05, 0.1) is 10.6 Å². The summed E-state index contributed by atoms with van der Waals surface area (Å²) in [5, 5.41) is 6.90. The van der Waals surface area contributed by atoms with E-state index in [2.05, 4.69) is 15.1 Å². The topological polar surface area (TPSA) is 93.1 Å².